The highest BCUT2D eigenvalue weighted by molar-refractivity contribution is 9.10. The van der Waals surface area contributed by atoms with Gasteiger partial charge in [0.25, 0.3) is 0 Å². The van der Waals surface area contributed by atoms with Crippen LogP contribution in [0.4, 0.5) is 14.5 Å². The second kappa shape index (κ2) is 3.97. The van der Waals surface area contributed by atoms with E-state index in [-0.39, 0.29) is 15.3 Å². The maximum atomic E-state index is 13.0. The SMILES string of the molecule is NC(=S)Nc1ccc(Br)c(F)c1F. The Morgan fingerprint density at radius 2 is 2.00 bits per heavy atom. The van der Waals surface area contributed by atoms with Gasteiger partial charge in [-0.1, -0.05) is 0 Å². The largest absolute Gasteiger partial charge is 0.376 e. The van der Waals surface area contributed by atoms with Crippen LogP contribution in [0.15, 0.2) is 16.6 Å². The summed E-state index contributed by atoms with van der Waals surface area (Å²) in [5, 5.41) is 2.20. The normalized spacial score (nSPS) is 9.77. The number of halogens is 3. The molecule has 2 nitrogen and oxygen atoms in total. The Kier molecular flexibility index (Phi) is 3.16. The molecule has 0 amide bonds. The highest BCUT2D eigenvalue weighted by Gasteiger charge is 2.11. The Morgan fingerprint density at radius 3 is 2.54 bits per heavy atom. The van der Waals surface area contributed by atoms with Crippen molar-refractivity contribution in [2.24, 2.45) is 5.73 Å². The van der Waals surface area contributed by atoms with Crippen molar-refractivity contribution in [2.45, 2.75) is 0 Å². The van der Waals surface area contributed by atoms with Crippen LogP contribution in [0.25, 0.3) is 0 Å². The molecule has 0 fully saturated rings. The molecule has 3 N–H and O–H groups in total. The first-order chi connectivity index (χ1) is 6.02. The van der Waals surface area contributed by atoms with E-state index in [1.807, 2.05) is 0 Å². The molecule has 1 aromatic carbocycles. The van der Waals surface area contributed by atoms with Gasteiger partial charge in [0, 0.05) is 0 Å². The second-order valence-corrected chi connectivity index (χ2v) is 3.51. The van der Waals surface area contributed by atoms with Crippen LogP contribution in [-0.4, -0.2) is 5.11 Å². The zero-order chi connectivity index (χ0) is 10.0. The Morgan fingerprint density at radius 1 is 1.38 bits per heavy atom. The average molecular weight is 267 g/mol. The van der Waals surface area contributed by atoms with Crippen molar-refractivity contribution in [1.29, 1.82) is 0 Å². The fourth-order valence-electron chi connectivity index (χ4n) is 0.755. The van der Waals surface area contributed by atoms with E-state index in [9.17, 15) is 8.78 Å². The van der Waals surface area contributed by atoms with Gasteiger partial charge in [-0.25, -0.2) is 8.78 Å². The van der Waals surface area contributed by atoms with E-state index in [1.54, 1.807) is 0 Å². The lowest BCUT2D eigenvalue weighted by molar-refractivity contribution is 0.507. The van der Waals surface area contributed by atoms with E-state index in [0.29, 0.717) is 0 Å². The lowest BCUT2D eigenvalue weighted by Gasteiger charge is -2.06. The monoisotopic (exact) mass is 266 g/mol. The molecule has 13 heavy (non-hydrogen) atoms. The molecule has 0 spiro atoms. The standard InChI is InChI=1S/C7H5BrF2N2S/c8-3-1-2-4(12-7(11)13)6(10)5(3)9/h1-2H,(H3,11,12,13). The Labute approximate surface area is 87.2 Å². The smallest absolute Gasteiger partial charge is 0.183 e. The van der Waals surface area contributed by atoms with Gasteiger partial charge >= 0.3 is 0 Å². The van der Waals surface area contributed by atoms with Gasteiger partial charge in [-0.05, 0) is 40.3 Å². The lowest BCUT2D eigenvalue weighted by Crippen LogP contribution is -2.20. The van der Waals surface area contributed by atoms with Gasteiger partial charge in [0.05, 0.1) is 10.2 Å². The molecule has 0 aliphatic carbocycles. The number of rotatable bonds is 1. The van der Waals surface area contributed by atoms with Crippen molar-refractivity contribution in [1.82, 2.24) is 0 Å². The van der Waals surface area contributed by atoms with Gasteiger partial charge in [0.2, 0.25) is 0 Å². The van der Waals surface area contributed by atoms with E-state index in [0.717, 1.165) is 0 Å². The molecule has 70 valence electrons. The van der Waals surface area contributed by atoms with E-state index in [4.69, 9.17) is 5.73 Å². The quantitative estimate of drug-likeness (QED) is 0.606. The van der Waals surface area contributed by atoms with Crippen molar-refractivity contribution in [3.8, 4) is 0 Å². The third kappa shape index (κ3) is 2.35. The first-order valence-corrected chi connectivity index (χ1v) is 4.42. The van der Waals surface area contributed by atoms with Crippen LogP contribution in [0.3, 0.4) is 0 Å². The summed E-state index contributed by atoms with van der Waals surface area (Å²) in [5.41, 5.74) is 5.03. The number of anilines is 1. The summed E-state index contributed by atoms with van der Waals surface area (Å²) < 4.78 is 26.0. The Hall–Kier alpha value is -0.750. The summed E-state index contributed by atoms with van der Waals surface area (Å²) in [7, 11) is 0. The summed E-state index contributed by atoms with van der Waals surface area (Å²) in [6.45, 7) is 0. The summed E-state index contributed by atoms with van der Waals surface area (Å²) >= 11 is 7.32. The van der Waals surface area contributed by atoms with Crippen molar-refractivity contribution in [2.75, 3.05) is 5.32 Å². The van der Waals surface area contributed by atoms with Crippen LogP contribution in [-0.2, 0) is 0 Å². The molecule has 0 radical (unpaired) electrons. The summed E-state index contributed by atoms with van der Waals surface area (Å²) in [4.78, 5) is 0. The number of hydrogen-bond donors (Lipinski definition) is 2. The van der Waals surface area contributed by atoms with E-state index in [1.165, 1.54) is 12.1 Å². The molecule has 0 unspecified atom stereocenters. The summed E-state index contributed by atoms with van der Waals surface area (Å²) in [6.07, 6.45) is 0. The molecule has 6 heteroatoms. The van der Waals surface area contributed by atoms with Crippen molar-refractivity contribution < 1.29 is 8.78 Å². The third-order valence-corrected chi connectivity index (χ3v) is 2.01. The van der Waals surface area contributed by atoms with Crippen molar-refractivity contribution >= 4 is 38.9 Å². The fraction of sp³-hybridized carbons (Fsp3) is 0. The molecule has 0 bridgehead atoms. The molecular formula is C7H5BrF2N2S. The van der Waals surface area contributed by atoms with Gasteiger partial charge in [-0.3, -0.25) is 0 Å². The predicted molar refractivity (Wildman–Crippen MR) is 54.5 cm³/mol. The number of thiocarbonyl (C=S) groups is 1. The lowest BCUT2D eigenvalue weighted by atomic mass is 10.3. The van der Waals surface area contributed by atoms with Crippen LogP contribution in [0, 0.1) is 11.6 Å². The van der Waals surface area contributed by atoms with Crippen LogP contribution >= 0.6 is 28.1 Å². The van der Waals surface area contributed by atoms with Gasteiger partial charge < -0.3 is 11.1 Å². The average Bonchev–Trinajstić information content (AvgIpc) is 2.06. The topological polar surface area (TPSA) is 38.0 Å². The number of benzene rings is 1. The second-order valence-electron chi connectivity index (χ2n) is 2.21. The highest BCUT2D eigenvalue weighted by Crippen LogP contribution is 2.23. The van der Waals surface area contributed by atoms with Gasteiger partial charge in [-0.2, -0.15) is 0 Å². The molecule has 0 aliphatic rings. The predicted octanol–water partition coefficient (Wildman–Crippen LogP) is 2.38. The zero-order valence-electron chi connectivity index (χ0n) is 6.27. The van der Waals surface area contributed by atoms with Crippen LogP contribution in [0.2, 0.25) is 0 Å². The van der Waals surface area contributed by atoms with Crippen LogP contribution < -0.4 is 11.1 Å². The zero-order valence-corrected chi connectivity index (χ0v) is 8.68. The maximum Gasteiger partial charge on any atom is 0.183 e. The molecule has 0 saturated heterocycles. The van der Waals surface area contributed by atoms with Gasteiger partial charge in [0.1, 0.15) is 0 Å². The van der Waals surface area contributed by atoms with E-state index >= 15 is 0 Å². The Bertz CT molecular complexity index is 357. The van der Waals surface area contributed by atoms with Crippen LogP contribution in [0.5, 0.6) is 0 Å². The molecule has 0 atom stereocenters. The van der Waals surface area contributed by atoms with Crippen LogP contribution in [0.1, 0.15) is 0 Å². The Balaban J connectivity index is 3.10. The third-order valence-electron chi connectivity index (χ3n) is 1.29. The van der Waals surface area contributed by atoms with Crippen molar-refractivity contribution in [3.05, 3.63) is 28.2 Å². The molecule has 0 aliphatic heterocycles. The molecule has 0 heterocycles. The minimum Gasteiger partial charge on any atom is -0.376 e. The molecular weight excluding hydrogens is 262 g/mol. The van der Waals surface area contributed by atoms with E-state index < -0.39 is 11.6 Å². The van der Waals surface area contributed by atoms with Gasteiger partial charge in [0.15, 0.2) is 16.7 Å². The minimum atomic E-state index is -1.01. The number of nitrogens with two attached hydrogens (primary N) is 1. The summed E-state index contributed by atoms with van der Waals surface area (Å²) in [6, 6.07) is 2.70. The first-order valence-electron chi connectivity index (χ1n) is 3.22. The fourth-order valence-corrected chi connectivity index (χ4v) is 1.17. The number of nitrogens with one attached hydrogen (secondary N) is 1. The molecule has 0 saturated carbocycles. The molecule has 1 rings (SSSR count). The minimum absolute atomic E-state index is 0.0542. The molecule has 1 aromatic rings. The van der Waals surface area contributed by atoms with Gasteiger partial charge in [-0.15, -0.1) is 0 Å². The first kappa shape index (κ1) is 10.3. The van der Waals surface area contributed by atoms with E-state index in [2.05, 4.69) is 33.5 Å². The number of hydrogen-bond acceptors (Lipinski definition) is 1. The van der Waals surface area contributed by atoms with Crippen molar-refractivity contribution in [3.63, 3.8) is 0 Å². The maximum absolute atomic E-state index is 13.0. The molecule has 0 aromatic heterocycles. The summed E-state index contributed by atoms with van der Waals surface area (Å²) in [5.74, 6) is -1.98. The highest BCUT2D eigenvalue weighted by atomic mass is 79.9.